The molecule has 3 rings (SSSR count). The second-order valence-corrected chi connectivity index (χ2v) is 8.72. The molecule has 0 atom stereocenters. The summed E-state index contributed by atoms with van der Waals surface area (Å²) in [6.07, 6.45) is 0.881. The van der Waals surface area contributed by atoms with Gasteiger partial charge >= 0.3 is 0 Å². The highest BCUT2D eigenvalue weighted by Gasteiger charge is 2.18. The molecule has 3 aromatic rings. The maximum absolute atomic E-state index is 13.4. The van der Waals surface area contributed by atoms with Crippen molar-refractivity contribution < 1.29 is 4.79 Å². The SMILES string of the molecule is CCNC(=O)CSc1nc2sc(CC)c(C)c2c(=O)n1Cc1ccc(C)cc1. The van der Waals surface area contributed by atoms with E-state index in [0.29, 0.717) is 23.6 Å². The molecule has 0 saturated carbocycles. The third-order valence-corrected chi connectivity index (χ3v) is 6.91. The van der Waals surface area contributed by atoms with Gasteiger partial charge in [-0.25, -0.2) is 4.98 Å². The number of carbonyl (C=O) groups is 1. The first-order chi connectivity index (χ1) is 13.4. The summed E-state index contributed by atoms with van der Waals surface area (Å²) in [7, 11) is 0. The van der Waals surface area contributed by atoms with Crippen LogP contribution >= 0.6 is 23.1 Å². The number of aryl methyl sites for hydroxylation is 3. The van der Waals surface area contributed by atoms with Gasteiger partial charge in [-0.3, -0.25) is 14.2 Å². The molecule has 5 nitrogen and oxygen atoms in total. The zero-order valence-electron chi connectivity index (χ0n) is 16.7. The van der Waals surface area contributed by atoms with Crippen LogP contribution in [0.4, 0.5) is 0 Å². The minimum absolute atomic E-state index is 0.0302. The fraction of sp³-hybridized carbons (Fsp3) is 0.381. The third kappa shape index (κ3) is 4.31. The molecule has 0 aliphatic heterocycles. The van der Waals surface area contributed by atoms with Crippen LogP contribution in [0.1, 0.15) is 35.4 Å². The lowest BCUT2D eigenvalue weighted by Gasteiger charge is -2.12. The molecule has 1 amide bonds. The van der Waals surface area contributed by atoms with E-state index in [9.17, 15) is 9.59 Å². The van der Waals surface area contributed by atoms with E-state index in [1.165, 1.54) is 22.2 Å². The molecule has 1 N–H and O–H groups in total. The van der Waals surface area contributed by atoms with Gasteiger partial charge in [0.25, 0.3) is 5.56 Å². The van der Waals surface area contributed by atoms with Crippen molar-refractivity contribution in [1.82, 2.24) is 14.9 Å². The van der Waals surface area contributed by atoms with Crippen LogP contribution < -0.4 is 10.9 Å². The predicted octanol–water partition coefficient (Wildman–Crippen LogP) is 3.91. The van der Waals surface area contributed by atoms with E-state index in [-0.39, 0.29) is 17.2 Å². The zero-order valence-corrected chi connectivity index (χ0v) is 18.3. The molecule has 0 aliphatic rings. The first kappa shape index (κ1) is 20.6. The number of amides is 1. The summed E-state index contributed by atoms with van der Waals surface area (Å²) < 4.78 is 1.70. The van der Waals surface area contributed by atoms with Gasteiger partial charge in [-0.15, -0.1) is 11.3 Å². The minimum atomic E-state index is -0.0552. The second-order valence-electron chi connectivity index (χ2n) is 6.70. The number of fused-ring (bicyclic) bond motifs is 1. The van der Waals surface area contributed by atoms with Crippen LogP contribution in [0.3, 0.4) is 0 Å². The molecule has 28 heavy (non-hydrogen) atoms. The second kappa shape index (κ2) is 8.92. The fourth-order valence-corrected chi connectivity index (χ4v) is 5.07. The van der Waals surface area contributed by atoms with Crippen molar-refractivity contribution in [3.63, 3.8) is 0 Å². The Morgan fingerprint density at radius 2 is 1.93 bits per heavy atom. The number of benzene rings is 1. The monoisotopic (exact) mass is 415 g/mol. The first-order valence-corrected chi connectivity index (χ1v) is 11.2. The summed E-state index contributed by atoms with van der Waals surface area (Å²) in [5.41, 5.74) is 3.21. The largest absolute Gasteiger partial charge is 0.356 e. The summed E-state index contributed by atoms with van der Waals surface area (Å²) in [6, 6.07) is 8.14. The quantitative estimate of drug-likeness (QED) is 0.469. The molecule has 0 bridgehead atoms. The molecular weight excluding hydrogens is 390 g/mol. The zero-order chi connectivity index (χ0) is 20.3. The number of hydrogen-bond donors (Lipinski definition) is 1. The van der Waals surface area contributed by atoms with E-state index in [4.69, 9.17) is 4.98 Å². The smallest absolute Gasteiger partial charge is 0.263 e. The molecule has 0 aliphatic carbocycles. The van der Waals surface area contributed by atoms with Crippen LogP contribution in [0, 0.1) is 13.8 Å². The highest BCUT2D eigenvalue weighted by atomic mass is 32.2. The Morgan fingerprint density at radius 3 is 2.57 bits per heavy atom. The Kier molecular flexibility index (Phi) is 6.57. The lowest BCUT2D eigenvalue weighted by Crippen LogP contribution is -2.27. The Bertz CT molecular complexity index is 1050. The highest BCUT2D eigenvalue weighted by molar-refractivity contribution is 7.99. The van der Waals surface area contributed by atoms with Crippen LogP contribution in [0.25, 0.3) is 10.2 Å². The van der Waals surface area contributed by atoms with E-state index in [1.807, 2.05) is 45.0 Å². The Hall–Kier alpha value is -2.12. The summed E-state index contributed by atoms with van der Waals surface area (Å²) in [5, 5.41) is 4.09. The number of thiophene rings is 1. The van der Waals surface area contributed by atoms with Crippen LogP contribution in [0.15, 0.2) is 34.2 Å². The molecule has 2 heterocycles. The average Bonchev–Trinajstić information content (AvgIpc) is 3.00. The summed E-state index contributed by atoms with van der Waals surface area (Å²) in [5.74, 6) is 0.186. The van der Waals surface area contributed by atoms with Gasteiger partial charge in [-0.2, -0.15) is 0 Å². The van der Waals surface area contributed by atoms with Crippen LogP contribution in [0.5, 0.6) is 0 Å². The van der Waals surface area contributed by atoms with Gasteiger partial charge in [0.05, 0.1) is 17.7 Å². The lowest BCUT2D eigenvalue weighted by atomic mass is 10.1. The molecular formula is C21H25N3O2S2. The molecule has 7 heteroatoms. The summed E-state index contributed by atoms with van der Waals surface area (Å²) in [6.45, 7) is 9.05. The summed E-state index contributed by atoms with van der Waals surface area (Å²) in [4.78, 5) is 32.0. The highest BCUT2D eigenvalue weighted by Crippen LogP contribution is 2.29. The van der Waals surface area contributed by atoms with Crippen molar-refractivity contribution in [3.8, 4) is 0 Å². The minimum Gasteiger partial charge on any atom is -0.356 e. The maximum atomic E-state index is 13.4. The molecule has 0 saturated heterocycles. The van der Waals surface area contributed by atoms with Crippen molar-refractivity contribution in [2.24, 2.45) is 0 Å². The van der Waals surface area contributed by atoms with Crippen molar-refractivity contribution in [3.05, 3.63) is 56.2 Å². The molecule has 1 aromatic carbocycles. The number of rotatable bonds is 7. The van der Waals surface area contributed by atoms with E-state index >= 15 is 0 Å². The molecule has 0 fully saturated rings. The van der Waals surface area contributed by atoms with Crippen molar-refractivity contribution in [1.29, 1.82) is 0 Å². The van der Waals surface area contributed by atoms with Crippen molar-refractivity contribution in [2.45, 2.75) is 45.8 Å². The first-order valence-electron chi connectivity index (χ1n) is 9.42. The van der Waals surface area contributed by atoms with E-state index < -0.39 is 0 Å². The number of nitrogens with zero attached hydrogens (tertiary/aromatic N) is 2. The summed E-state index contributed by atoms with van der Waals surface area (Å²) >= 11 is 2.89. The number of hydrogen-bond acceptors (Lipinski definition) is 5. The van der Waals surface area contributed by atoms with Gasteiger partial charge in [0.15, 0.2) is 5.16 Å². The predicted molar refractivity (Wildman–Crippen MR) is 118 cm³/mol. The van der Waals surface area contributed by atoms with E-state index in [0.717, 1.165) is 22.4 Å². The normalized spacial score (nSPS) is 11.1. The standard InChI is InChI=1S/C21H25N3O2S2/c1-5-16-14(4)18-19(28-16)23-21(27-12-17(25)22-6-2)24(20(18)26)11-15-9-7-13(3)8-10-15/h7-10H,5-6,11-12H2,1-4H3,(H,22,25). The van der Waals surface area contributed by atoms with Crippen molar-refractivity contribution >= 4 is 39.2 Å². The maximum Gasteiger partial charge on any atom is 0.263 e. The number of aromatic nitrogens is 2. The van der Waals surface area contributed by atoms with E-state index in [1.54, 1.807) is 15.9 Å². The molecule has 0 spiro atoms. The van der Waals surface area contributed by atoms with Crippen LogP contribution in [-0.2, 0) is 17.8 Å². The third-order valence-electron chi connectivity index (χ3n) is 4.60. The molecule has 0 unspecified atom stereocenters. The molecule has 0 radical (unpaired) electrons. The van der Waals surface area contributed by atoms with Gasteiger partial charge < -0.3 is 5.32 Å². The van der Waals surface area contributed by atoms with Crippen LogP contribution in [-0.4, -0.2) is 27.8 Å². The molecule has 2 aromatic heterocycles. The Morgan fingerprint density at radius 1 is 1.21 bits per heavy atom. The number of carbonyl (C=O) groups excluding carboxylic acids is 1. The average molecular weight is 416 g/mol. The van der Waals surface area contributed by atoms with Gasteiger partial charge in [0.2, 0.25) is 5.91 Å². The molecule has 148 valence electrons. The van der Waals surface area contributed by atoms with Gasteiger partial charge in [-0.1, -0.05) is 48.5 Å². The number of nitrogens with one attached hydrogen (secondary N) is 1. The Balaban J connectivity index is 2.07. The van der Waals surface area contributed by atoms with Gasteiger partial charge in [0, 0.05) is 11.4 Å². The number of thioether (sulfide) groups is 1. The van der Waals surface area contributed by atoms with E-state index in [2.05, 4.69) is 12.2 Å². The lowest BCUT2D eigenvalue weighted by molar-refractivity contribution is -0.118. The van der Waals surface area contributed by atoms with Crippen LogP contribution in [0.2, 0.25) is 0 Å². The Labute approximate surface area is 173 Å². The van der Waals surface area contributed by atoms with Crippen molar-refractivity contribution in [2.75, 3.05) is 12.3 Å². The fourth-order valence-electron chi connectivity index (χ4n) is 3.09. The van der Waals surface area contributed by atoms with Gasteiger partial charge in [-0.05, 0) is 38.3 Å². The van der Waals surface area contributed by atoms with Gasteiger partial charge in [0.1, 0.15) is 4.83 Å². The topological polar surface area (TPSA) is 64.0 Å².